The van der Waals surface area contributed by atoms with E-state index in [9.17, 15) is 13.2 Å². The van der Waals surface area contributed by atoms with Crippen LogP contribution in [0.15, 0.2) is 22.7 Å². The normalized spacial score (nSPS) is 11.8. The maximum absolute atomic E-state index is 12.6. The van der Waals surface area contributed by atoms with Crippen molar-refractivity contribution in [2.24, 2.45) is 0 Å². The summed E-state index contributed by atoms with van der Waals surface area (Å²) >= 11 is 0. The zero-order valence-corrected chi connectivity index (χ0v) is 8.77. The van der Waals surface area contributed by atoms with Crippen LogP contribution in [0.1, 0.15) is 11.5 Å². The number of rotatable bonds is 2. The quantitative estimate of drug-likeness (QED) is 0.862. The van der Waals surface area contributed by atoms with Crippen molar-refractivity contribution >= 4 is 0 Å². The number of aliphatic hydroxyl groups is 1. The third-order valence-electron chi connectivity index (χ3n) is 2.16. The van der Waals surface area contributed by atoms with E-state index in [0.717, 1.165) is 6.07 Å². The molecule has 0 fully saturated rings. The highest BCUT2D eigenvalue weighted by molar-refractivity contribution is 5.58. The first-order valence-electron chi connectivity index (χ1n) is 4.76. The Hall–Kier alpha value is -2.09. The number of phenolic OH excluding ortho intramolecular Hbond substituents is 1. The Morgan fingerprint density at radius 3 is 2.56 bits per heavy atom. The van der Waals surface area contributed by atoms with Gasteiger partial charge in [-0.2, -0.15) is 18.2 Å². The van der Waals surface area contributed by atoms with E-state index in [4.69, 9.17) is 10.2 Å². The molecule has 96 valence electrons. The van der Waals surface area contributed by atoms with Crippen LogP contribution in [-0.4, -0.2) is 20.4 Å². The van der Waals surface area contributed by atoms with Crippen molar-refractivity contribution in [3.05, 3.63) is 29.7 Å². The highest BCUT2D eigenvalue weighted by Crippen LogP contribution is 2.37. The molecule has 8 heteroatoms. The number of halogens is 3. The van der Waals surface area contributed by atoms with Gasteiger partial charge in [0.05, 0.1) is 5.56 Å². The molecule has 2 N–H and O–H groups in total. The van der Waals surface area contributed by atoms with Gasteiger partial charge >= 0.3 is 6.18 Å². The van der Waals surface area contributed by atoms with Gasteiger partial charge in [0.1, 0.15) is 12.4 Å². The maximum atomic E-state index is 12.6. The van der Waals surface area contributed by atoms with Gasteiger partial charge in [-0.25, -0.2) is 0 Å². The number of alkyl halides is 3. The highest BCUT2D eigenvalue weighted by atomic mass is 19.4. The van der Waals surface area contributed by atoms with Crippen molar-refractivity contribution in [2.45, 2.75) is 12.8 Å². The molecule has 0 aliphatic carbocycles. The topological polar surface area (TPSA) is 79.4 Å². The van der Waals surface area contributed by atoms with Crippen LogP contribution in [0.4, 0.5) is 13.2 Å². The van der Waals surface area contributed by atoms with Gasteiger partial charge in [0.2, 0.25) is 5.82 Å². The molecule has 0 amide bonds. The van der Waals surface area contributed by atoms with Crippen LogP contribution in [0, 0.1) is 0 Å². The number of hydrogen-bond donors (Lipinski definition) is 2. The molecule has 0 atom stereocenters. The molecule has 0 saturated heterocycles. The molecule has 0 aliphatic heterocycles. The van der Waals surface area contributed by atoms with Crippen molar-refractivity contribution in [3.8, 4) is 17.1 Å². The Kier molecular flexibility index (Phi) is 2.95. The zero-order valence-electron chi connectivity index (χ0n) is 8.77. The maximum Gasteiger partial charge on any atom is 0.419 e. The molecule has 0 aliphatic rings. The minimum atomic E-state index is -4.68. The van der Waals surface area contributed by atoms with Crippen molar-refractivity contribution in [1.29, 1.82) is 0 Å². The van der Waals surface area contributed by atoms with Crippen LogP contribution in [-0.2, 0) is 12.8 Å². The molecule has 1 heterocycles. The summed E-state index contributed by atoms with van der Waals surface area (Å²) < 4.78 is 42.2. The van der Waals surface area contributed by atoms with Crippen molar-refractivity contribution in [1.82, 2.24) is 10.1 Å². The Balaban J connectivity index is 2.47. The van der Waals surface area contributed by atoms with Gasteiger partial charge in [-0.15, -0.1) is 0 Å². The van der Waals surface area contributed by atoms with Gasteiger partial charge in [0, 0.05) is 5.56 Å². The van der Waals surface area contributed by atoms with Crippen LogP contribution in [0.5, 0.6) is 5.75 Å². The first kappa shape index (κ1) is 12.4. The molecule has 0 radical (unpaired) electrons. The molecule has 2 aromatic rings. The van der Waals surface area contributed by atoms with Crippen LogP contribution >= 0.6 is 0 Å². The van der Waals surface area contributed by atoms with Gasteiger partial charge in [-0.1, -0.05) is 5.16 Å². The van der Waals surface area contributed by atoms with Gasteiger partial charge in [-0.05, 0) is 18.2 Å². The molecule has 0 saturated carbocycles. The molecule has 18 heavy (non-hydrogen) atoms. The SMILES string of the molecule is OCc1nc(-c2ccc(O)c(C(F)(F)F)c2)no1. The summed E-state index contributed by atoms with van der Waals surface area (Å²) in [6.45, 7) is -0.503. The summed E-state index contributed by atoms with van der Waals surface area (Å²) in [5.41, 5.74) is -1.15. The average molecular weight is 260 g/mol. The zero-order chi connectivity index (χ0) is 13.3. The minimum Gasteiger partial charge on any atom is -0.507 e. The molecular formula is C10H7F3N2O3. The lowest BCUT2D eigenvalue weighted by atomic mass is 10.1. The monoisotopic (exact) mass is 260 g/mol. The number of phenols is 1. The standard InChI is InChI=1S/C10H7F3N2O3/c11-10(12,13)6-3-5(1-2-7(6)17)9-14-8(4-16)18-15-9/h1-3,16-17H,4H2. The van der Waals surface area contributed by atoms with E-state index in [1.165, 1.54) is 6.07 Å². The highest BCUT2D eigenvalue weighted by Gasteiger charge is 2.34. The number of aromatic nitrogens is 2. The number of aromatic hydroxyl groups is 1. The van der Waals surface area contributed by atoms with Crippen molar-refractivity contribution in [2.75, 3.05) is 0 Å². The van der Waals surface area contributed by atoms with Gasteiger partial charge in [0.15, 0.2) is 0 Å². The van der Waals surface area contributed by atoms with E-state index in [-0.39, 0.29) is 17.3 Å². The summed E-state index contributed by atoms with van der Waals surface area (Å²) in [6, 6.07) is 2.82. The molecule has 1 aromatic heterocycles. The van der Waals surface area contributed by atoms with E-state index in [1.54, 1.807) is 0 Å². The lowest BCUT2D eigenvalue weighted by molar-refractivity contribution is -0.138. The van der Waals surface area contributed by atoms with Crippen LogP contribution < -0.4 is 0 Å². The Bertz CT molecular complexity index is 566. The predicted octanol–water partition coefficient (Wildman–Crippen LogP) is 1.95. The number of aliphatic hydroxyl groups excluding tert-OH is 1. The Labute approximate surface area is 98.5 Å². The van der Waals surface area contributed by atoms with E-state index in [2.05, 4.69) is 14.7 Å². The lowest BCUT2D eigenvalue weighted by Crippen LogP contribution is -2.05. The first-order chi connectivity index (χ1) is 8.41. The number of nitrogens with zero attached hydrogens (tertiary/aromatic N) is 2. The molecular weight excluding hydrogens is 253 g/mol. The fourth-order valence-electron chi connectivity index (χ4n) is 1.34. The van der Waals surface area contributed by atoms with Crippen molar-refractivity contribution < 1.29 is 27.9 Å². The smallest absolute Gasteiger partial charge is 0.419 e. The second-order valence-electron chi connectivity index (χ2n) is 3.40. The summed E-state index contributed by atoms with van der Waals surface area (Å²) in [5, 5.41) is 21.3. The predicted molar refractivity (Wildman–Crippen MR) is 52.3 cm³/mol. The van der Waals surface area contributed by atoms with Gasteiger partial charge in [-0.3, -0.25) is 0 Å². The molecule has 0 spiro atoms. The fourth-order valence-corrected chi connectivity index (χ4v) is 1.34. The molecule has 2 rings (SSSR count). The Morgan fingerprint density at radius 2 is 2.00 bits per heavy atom. The minimum absolute atomic E-state index is 0.0311. The second-order valence-corrected chi connectivity index (χ2v) is 3.40. The third-order valence-corrected chi connectivity index (χ3v) is 2.16. The van der Waals surface area contributed by atoms with E-state index < -0.39 is 24.1 Å². The number of hydrogen-bond acceptors (Lipinski definition) is 5. The molecule has 5 nitrogen and oxygen atoms in total. The third kappa shape index (κ3) is 2.28. The van der Waals surface area contributed by atoms with Gasteiger partial charge in [0.25, 0.3) is 5.89 Å². The second kappa shape index (κ2) is 4.30. The first-order valence-corrected chi connectivity index (χ1v) is 4.76. The molecule has 0 unspecified atom stereocenters. The van der Waals surface area contributed by atoms with Gasteiger partial charge < -0.3 is 14.7 Å². The van der Waals surface area contributed by atoms with Crippen molar-refractivity contribution in [3.63, 3.8) is 0 Å². The summed E-state index contributed by atoms with van der Waals surface area (Å²) in [7, 11) is 0. The molecule has 0 bridgehead atoms. The number of benzene rings is 1. The Morgan fingerprint density at radius 1 is 1.28 bits per heavy atom. The largest absolute Gasteiger partial charge is 0.507 e. The summed E-state index contributed by atoms with van der Waals surface area (Å²) in [5.74, 6) is -1.08. The molecule has 1 aromatic carbocycles. The summed E-state index contributed by atoms with van der Waals surface area (Å²) in [6.07, 6.45) is -4.68. The van der Waals surface area contributed by atoms with E-state index in [1.807, 2.05) is 0 Å². The van der Waals surface area contributed by atoms with Crippen LogP contribution in [0.2, 0.25) is 0 Å². The van der Waals surface area contributed by atoms with E-state index >= 15 is 0 Å². The van der Waals surface area contributed by atoms with Crippen LogP contribution in [0.3, 0.4) is 0 Å². The fraction of sp³-hybridized carbons (Fsp3) is 0.200. The van der Waals surface area contributed by atoms with E-state index in [0.29, 0.717) is 6.07 Å². The summed E-state index contributed by atoms with van der Waals surface area (Å²) in [4.78, 5) is 3.68. The van der Waals surface area contributed by atoms with Crippen LogP contribution in [0.25, 0.3) is 11.4 Å². The lowest BCUT2D eigenvalue weighted by Gasteiger charge is -2.09. The average Bonchev–Trinajstić information content (AvgIpc) is 2.76.